The van der Waals surface area contributed by atoms with E-state index >= 15 is 0 Å². The molecule has 186 valence electrons. The Hall–Kier alpha value is -4.97. The highest BCUT2D eigenvalue weighted by Gasteiger charge is 2.30. The average molecular weight is 502 g/mol. The van der Waals surface area contributed by atoms with Gasteiger partial charge in [0.05, 0.1) is 12.7 Å². The van der Waals surface area contributed by atoms with Crippen molar-refractivity contribution in [3.8, 4) is 5.75 Å². The lowest BCUT2D eigenvalue weighted by Gasteiger charge is -2.15. The number of methoxy groups -OCH3 is 1. The summed E-state index contributed by atoms with van der Waals surface area (Å²) in [6, 6.07) is 33.8. The number of Topliss-reactive ketones (excluding diaryl/α,β-unsaturated/α-hetero) is 1. The zero-order valence-electron chi connectivity index (χ0n) is 20.8. The molecule has 6 rings (SSSR count). The molecule has 0 aliphatic rings. The van der Waals surface area contributed by atoms with Crippen LogP contribution in [0.4, 0.5) is 0 Å². The van der Waals surface area contributed by atoms with Crippen LogP contribution in [0, 0.1) is 0 Å². The Morgan fingerprint density at radius 1 is 0.895 bits per heavy atom. The molecular formula is C32H25N2O4+. The van der Waals surface area contributed by atoms with Gasteiger partial charge in [0.25, 0.3) is 0 Å². The standard InChI is InChI=1S/C32H25N2O4/c1-37-25-17-15-22(16-18-25)29(35)20-33-21-34(28-13-7-6-12-27(28)33)31(23-9-3-2-4-10-23)26-19-24-11-5-8-14-30(24)38-32(26)36/h2-19,21,31H,20H2,1H3/q+1. The summed E-state index contributed by atoms with van der Waals surface area (Å²) in [7, 11) is 1.60. The molecular weight excluding hydrogens is 476 g/mol. The van der Waals surface area contributed by atoms with Crippen LogP contribution in [0.3, 0.4) is 0 Å². The Balaban J connectivity index is 1.51. The number of fused-ring (bicyclic) bond motifs is 2. The van der Waals surface area contributed by atoms with E-state index in [1.807, 2.05) is 94.3 Å². The lowest BCUT2D eigenvalue weighted by atomic mass is 9.98. The fourth-order valence-electron chi connectivity index (χ4n) is 4.95. The van der Waals surface area contributed by atoms with Crippen LogP contribution in [-0.4, -0.2) is 17.5 Å². The maximum absolute atomic E-state index is 13.3. The maximum Gasteiger partial charge on any atom is 0.344 e. The molecule has 0 spiro atoms. The molecule has 0 radical (unpaired) electrons. The van der Waals surface area contributed by atoms with Gasteiger partial charge in [-0.05, 0) is 48.5 Å². The number of para-hydroxylation sites is 3. The fraction of sp³-hybridized carbons (Fsp3) is 0.0938. The molecule has 0 amide bonds. The van der Waals surface area contributed by atoms with Crippen LogP contribution in [0.15, 0.2) is 125 Å². The van der Waals surface area contributed by atoms with Gasteiger partial charge in [0.1, 0.15) is 11.3 Å². The lowest BCUT2D eigenvalue weighted by Crippen LogP contribution is -2.37. The van der Waals surface area contributed by atoms with Crippen molar-refractivity contribution < 1.29 is 18.5 Å². The van der Waals surface area contributed by atoms with Gasteiger partial charge in [-0.2, -0.15) is 0 Å². The summed E-state index contributed by atoms with van der Waals surface area (Å²) < 4.78 is 14.9. The molecule has 0 aliphatic heterocycles. The van der Waals surface area contributed by atoms with Crippen LogP contribution in [0.2, 0.25) is 0 Å². The Bertz CT molecular complexity index is 1820. The first-order valence-electron chi connectivity index (χ1n) is 12.4. The van der Waals surface area contributed by atoms with Crippen LogP contribution in [0.1, 0.15) is 27.5 Å². The van der Waals surface area contributed by atoms with Crippen molar-refractivity contribution in [1.29, 1.82) is 0 Å². The molecule has 6 heteroatoms. The molecule has 4 aromatic carbocycles. The minimum atomic E-state index is -0.459. The first kappa shape index (κ1) is 23.4. The molecule has 6 aromatic rings. The second-order valence-corrected chi connectivity index (χ2v) is 9.13. The minimum absolute atomic E-state index is 0.0259. The van der Waals surface area contributed by atoms with Crippen LogP contribution in [0.25, 0.3) is 22.0 Å². The molecule has 0 aliphatic carbocycles. The second-order valence-electron chi connectivity index (χ2n) is 9.13. The predicted octanol–water partition coefficient (Wildman–Crippen LogP) is 5.56. The molecule has 2 heterocycles. The van der Waals surface area contributed by atoms with Crippen LogP contribution in [0.5, 0.6) is 5.75 Å². The summed E-state index contributed by atoms with van der Waals surface area (Å²) in [5, 5.41) is 0.849. The average Bonchev–Trinajstić information content (AvgIpc) is 3.32. The van der Waals surface area contributed by atoms with E-state index in [-0.39, 0.29) is 12.3 Å². The molecule has 0 fully saturated rings. The molecule has 38 heavy (non-hydrogen) atoms. The van der Waals surface area contributed by atoms with Gasteiger partial charge in [-0.1, -0.05) is 60.7 Å². The van der Waals surface area contributed by atoms with Crippen molar-refractivity contribution in [2.45, 2.75) is 12.6 Å². The van der Waals surface area contributed by atoms with Gasteiger partial charge in [0.15, 0.2) is 23.6 Å². The number of aromatic nitrogens is 2. The molecule has 1 unspecified atom stereocenters. The first-order valence-corrected chi connectivity index (χ1v) is 12.4. The molecule has 2 aromatic heterocycles. The van der Waals surface area contributed by atoms with Crippen LogP contribution < -0.4 is 14.9 Å². The molecule has 0 saturated carbocycles. The highest BCUT2D eigenvalue weighted by Crippen LogP contribution is 2.29. The summed E-state index contributed by atoms with van der Waals surface area (Å²) in [4.78, 5) is 26.6. The fourth-order valence-corrected chi connectivity index (χ4v) is 4.95. The van der Waals surface area contributed by atoms with E-state index in [0.29, 0.717) is 22.5 Å². The van der Waals surface area contributed by atoms with Crippen molar-refractivity contribution in [3.05, 3.63) is 143 Å². The monoisotopic (exact) mass is 501 g/mol. The van der Waals surface area contributed by atoms with Crippen LogP contribution >= 0.6 is 0 Å². The van der Waals surface area contributed by atoms with Crippen molar-refractivity contribution in [1.82, 2.24) is 4.57 Å². The number of hydrogen-bond acceptors (Lipinski definition) is 4. The SMILES string of the molecule is COc1ccc(C(=O)C[n+]2cn(C(c3ccccc3)c3cc4ccccc4oc3=O)c3ccccc32)cc1. The number of ether oxygens (including phenoxy) is 1. The van der Waals surface area contributed by atoms with E-state index in [9.17, 15) is 9.59 Å². The van der Waals surface area contributed by atoms with Gasteiger partial charge in [0.2, 0.25) is 12.1 Å². The lowest BCUT2D eigenvalue weighted by molar-refractivity contribution is -0.658. The van der Waals surface area contributed by atoms with Gasteiger partial charge in [-0.3, -0.25) is 4.79 Å². The third-order valence-corrected chi connectivity index (χ3v) is 6.82. The summed E-state index contributed by atoms with van der Waals surface area (Å²) in [5.41, 5.74) is 4.00. The van der Waals surface area contributed by atoms with E-state index in [0.717, 1.165) is 22.0 Å². The molecule has 0 N–H and O–H groups in total. The maximum atomic E-state index is 13.3. The largest absolute Gasteiger partial charge is 0.497 e. The topological polar surface area (TPSA) is 65.3 Å². The zero-order valence-corrected chi connectivity index (χ0v) is 20.8. The van der Waals surface area contributed by atoms with Crippen molar-refractivity contribution in [2.75, 3.05) is 7.11 Å². The Morgan fingerprint density at radius 2 is 1.61 bits per heavy atom. The highest BCUT2D eigenvalue weighted by molar-refractivity contribution is 5.95. The van der Waals surface area contributed by atoms with E-state index < -0.39 is 11.7 Å². The Morgan fingerprint density at radius 3 is 2.39 bits per heavy atom. The third kappa shape index (κ3) is 4.26. The van der Waals surface area contributed by atoms with Crippen molar-refractivity contribution in [2.24, 2.45) is 0 Å². The Kier molecular flexibility index (Phi) is 6.06. The molecule has 6 nitrogen and oxygen atoms in total. The number of benzene rings is 4. The zero-order chi connectivity index (χ0) is 26.1. The quantitative estimate of drug-likeness (QED) is 0.163. The van der Waals surface area contributed by atoms with Gasteiger partial charge >= 0.3 is 5.63 Å². The number of rotatable bonds is 7. The third-order valence-electron chi connectivity index (χ3n) is 6.82. The number of ketones is 1. The number of carbonyl (C=O) groups excluding carboxylic acids is 1. The first-order chi connectivity index (χ1) is 18.6. The van der Waals surface area contributed by atoms with Crippen molar-refractivity contribution >= 4 is 27.8 Å². The summed E-state index contributed by atoms with van der Waals surface area (Å²) in [5.74, 6) is 0.674. The highest BCUT2D eigenvalue weighted by atomic mass is 16.5. The van der Waals surface area contributed by atoms with Gasteiger partial charge < -0.3 is 9.15 Å². The smallest absolute Gasteiger partial charge is 0.344 e. The normalized spacial score (nSPS) is 12.0. The van der Waals surface area contributed by atoms with E-state index in [2.05, 4.69) is 0 Å². The summed E-state index contributed by atoms with van der Waals surface area (Å²) >= 11 is 0. The second kappa shape index (κ2) is 9.82. The van der Waals surface area contributed by atoms with E-state index in [4.69, 9.17) is 9.15 Å². The number of hydrogen-bond donors (Lipinski definition) is 0. The molecule has 0 bridgehead atoms. The number of carbonyl (C=O) groups is 1. The van der Waals surface area contributed by atoms with Crippen molar-refractivity contribution in [3.63, 3.8) is 0 Å². The van der Waals surface area contributed by atoms with Gasteiger partial charge in [-0.25, -0.2) is 13.9 Å². The minimum Gasteiger partial charge on any atom is -0.497 e. The Labute approximate surface area is 219 Å². The van der Waals surface area contributed by atoms with Crippen LogP contribution in [-0.2, 0) is 6.54 Å². The molecule has 0 saturated heterocycles. The van der Waals surface area contributed by atoms with Gasteiger partial charge in [-0.15, -0.1) is 0 Å². The predicted molar refractivity (Wildman–Crippen MR) is 146 cm³/mol. The summed E-state index contributed by atoms with van der Waals surface area (Å²) in [6.07, 6.45) is 1.92. The van der Waals surface area contributed by atoms with E-state index in [1.54, 1.807) is 37.4 Å². The molecule has 1 atom stereocenters. The number of nitrogens with zero attached hydrogens (tertiary/aromatic N) is 2. The van der Waals surface area contributed by atoms with E-state index in [1.165, 1.54) is 0 Å². The van der Waals surface area contributed by atoms with Gasteiger partial charge in [0, 0.05) is 16.5 Å². The number of imidazole rings is 1. The summed E-state index contributed by atoms with van der Waals surface area (Å²) in [6.45, 7) is 0.147.